The summed E-state index contributed by atoms with van der Waals surface area (Å²) in [7, 11) is 0. The molecule has 125 valence electrons. The molecule has 1 aromatic heterocycles. The largest absolute Gasteiger partial charge is 0.489 e. The van der Waals surface area contributed by atoms with E-state index in [2.05, 4.69) is 12.6 Å². The number of hydrogen-bond acceptors (Lipinski definition) is 2. The molecule has 24 heavy (non-hydrogen) atoms. The van der Waals surface area contributed by atoms with E-state index in [0.717, 1.165) is 24.3 Å². The van der Waals surface area contributed by atoms with Crippen LogP contribution in [0.25, 0.3) is 11.3 Å². The Balaban J connectivity index is 0.00000288. The molecule has 3 nitrogen and oxygen atoms in total. The summed E-state index contributed by atoms with van der Waals surface area (Å²) >= 11 is 0. The number of aromatic nitrogens is 1. The quantitative estimate of drug-likeness (QED) is 0.412. The first kappa shape index (κ1) is 20.6. The Hall–Kier alpha value is -1.47. The first-order valence-corrected chi connectivity index (χ1v) is 6.56. The van der Waals surface area contributed by atoms with Crippen LogP contribution >= 0.6 is 0 Å². The minimum atomic E-state index is -2.86. The second-order valence-corrected chi connectivity index (χ2v) is 4.53. The van der Waals surface area contributed by atoms with Crippen LogP contribution in [0.5, 0.6) is 5.75 Å². The molecule has 0 aliphatic rings. The summed E-state index contributed by atoms with van der Waals surface area (Å²) in [6, 6.07) is 6.36. The van der Waals surface area contributed by atoms with Gasteiger partial charge in [0.05, 0.1) is 18.2 Å². The maximum Gasteiger partial charge on any atom is 0.256 e. The molecule has 0 N–H and O–H groups in total. The van der Waals surface area contributed by atoms with Crippen molar-refractivity contribution in [2.75, 3.05) is 6.61 Å². The van der Waals surface area contributed by atoms with Gasteiger partial charge in [-0.15, -0.1) is 0 Å². The third-order valence-electron chi connectivity index (χ3n) is 2.92. The molecule has 0 bridgehead atoms. The van der Waals surface area contributed by atoms with Gasteiger partial charge in [0, 0.05) is 44.8 Å². The molecule has 1 radical (unpaired) electrons. The van der Waals surface area contributed by atoms with Gasteiger partial charge in [0.15, 0.2) is 5.56 Å². The number of pyridine rings is 1. The van der Waals surface area contributed by atoms with Gasteiger partial charge in [-0.05, 0) is 5.56 Å². The number of hydrogen-bond donors (Lipinski definition) is 0. The Morgan fingerprint density at radius 1 is 1.29 bits per heavy atom. The standard InChI is InChI=1S/C16H12F4NO2.Y/c1-2-6-23-10-7-11(17)16(12(18)8-10)13-4-3-5-15(22)21(13)9-14(19)20;/h2-3,5,7-8,14H,1,6,9H2;/q-1;. The first-order valence-electron chi connectivity index (χ1n) is 6.56. The summed E-state index contributed by atoms with van der Waals surface area (Å²) in [6.07, 6.45) is -1.46. The SMILES string of the molecule is C=CCOc1cc(F)c(-c2[c-]ccc(=O)n2CC(F)F)c(F)c1.[Y]. The van der Waals surface area contributed by atoms with Crippen LogP contribution in [0.1, 0.15) is 0 Å². The zero-order valence-corrected chi connectivity index (χ0v) is 15.3. The molecule has 2 aromatic rings. The number of alkyl halides is 2. The Morgan fingerprint density at radius 3 is 2.46 bits per heavy atom. The third kappa shape index (κ3) is 4.77. The molecule has 2 rings (SSSR count). The van der Waals surface area contributed by atoms with Gasteiger partial charge in [-0.1, -0.05) is 24.4 Å². The van der Waals surface area contributed by atoms with E-state index >= 15 is 0 Å². The van der Waals surface area contributed by atoms with E-state index in [4.69, 9.17) is 4.74 Å². The fourth-order valence-corrected chi connectivity index (χ4v) is 2.01. The molecule has 0 saturated carbocycles. The smallest absolute Gasteiger partial charge is 0.256 e. The molecular formula is C16H12F4NO2Y-. The normalized spacial score (nSPS) is 10.4. The van der Waals surface area contributed by atoms with Crippen LogP contribution in [-0.2, 0) is 39.3 Å². The van der Waals surface area contributed by atoms with Crippen molar-refractivity contribution in [3.63, 3.8) is 0 Å². The minimum absolute atomic E-state index is 0. The molecule has 0 aliphatic carbocycles. The van der Waals surface area contributed by atoms with Gasteiger partial charge in [-0.3, -0.25) is 4.79 Å². The second-order valence-electron chi connectivity index (χ2n) is 4.53. The van der Waals surface area contributed by atoms with E-state index in [1.54, 1.807) is 0 Å². The van der Waals surface area contributed by atoms with E-state index in [9.17, 15) is 22.4 Å². The molecule has 1 aromatic carbocycles. The van der Waals surface area contributed by atoms with Crippen LogP contribution in [0, 0.1) is 17.7 Å². The maximum atomic E-state index is 14.2. The summed E-state index contributed by atoms with van der Waals surface area (Å²) < 4.78 is 59.2. The number of benzene rings is 1. The van der Waals surface area contributed by atoms with Crippen molar-refractivity contribution >= 4 is 0 Å². The van der Waals surface area contributed by atoms with Gasteiger partial charge in [-0.2, -0.15) is 12.1 Å². The second kappa shape index (κ2) is 9.13. The van der Waals surface area contributed by atoms with Crippen molar-refractivity contribution in [2.45, 2.75) is 13.0 Å². The molecule has 0 saturated heterocycles. The number of halogens is 4. The van der Waals surface area contributed by atoms with E-state index in [-0.39, 0.29) is 50.8 Å². The van der Waals surface area contributed by atoms with Crippen molar-refractivity contribution < 1.29 is 55.0 Å². The van der Waals surface area contributed by atoms with E-state index in [1.165, 1.54) is 6.08 Å². The first-order chi connectivity index (χ1) is 10.9. The van der Waals surface area contributed by atoms with Crippen LogP contribution in [0.15, 0.2) is 41.7 Å². The predicted octanol–water partition coefficient (Wildman–Crippen LogP) is 3.42. The molecule has 0 atom stereocenters. The molecule has 0 amide bonds. The van der Waals surface area contributed by atoms with Crippen LogP contribution < -0.4 is 10.3 Å². The Bertz CT molecular complexity index is 754. The topological polar surface area (TPSA) is 31.2 Å². The summed E-state index contributed by atoms with van der Waals surface area (Å²) in [5.41, 5.74) is -1.80. The van der Waals surface area contributed by atoms with Gasteiger partial charge >= 0.3 is 0 Å². The maximum absolute atomic E-state index is 14.2. The molecule has 1 heterocycles. The van der Waals surface area contributed by atoms with Gasteiger partial charge in [0.1, 0.15) is 12.4 Å². The summed E-state index contributed by atoms with van der Waals surface area (Å²) in [5, 5.41) is 0. The van der Waals surface area contributed by atoms with E-state index < -0.39 is 35.7 Å². The molecule has 0 unspecified atom stereocenters. The van der Waals surface area contributed by atoms with Crippen molar-refractivity contribution in [3.05, 3.63) is 65.0 Å². The van der Waals surface area contributed by atoms with Crippen LogP contribution in [-0.4, -0.2) is 17.6 Å². The Kier molecular flexibility index (Phi) is 7.83. The van der Waals surface area contributed by atoms with E-state index in [0.29, 0.717) is 4.57 Å². The predicted molar refractivity (Wildman–Crippen MR) is 76.6 cm³/mol. The zero-order valence-electron chi connectivity index (χ0n) is 12.4. The van der Waals surface area contributed by atoms with Crippen molar-refractivity contribution in [1.82, 2.24) is 4.57 Å². The molecular weight excluding hydrogens is 403 g/mol. The fourth-order valence-electron chi connectivity index (χ4n) is 2.01. The van der Waals surface area contributed by atoms with Crippen LogP contribution in [0.4, 0.5) is 17.6 Å². The molecule has 0 aliphatic heterocycles. The van der Waals surface area contributed by atoms with Gasteiger partial charge < -0.3 is 9.30 Å². The number of rotatable bonds is 6. The Morgan fingerprint density at radius 2 is 1.92 bits per heavy atom. The van der Waals surface area contributed by atoms with Gasteiger partial charge in [0.25, 0.3) is 6.43 Å². The van der Waals surface area contributed by atoms with Crippen LogP contribution in [0.2, 0.25) is 0 Å². The average Bonchev–Trinajstić information content (AvgIpc) is 2.47. The molecule has 0 spiro atoms. The number of nitrogens with zero attached hydrogens (tertiary/aromatic N) is 1. The summed E-state index contributed by atoms with van der Waals surface area (Å²) in [6.45, 7) is 2.47. The summed E-state index contributed by atoms with van der Waals surface area (Å²) in [5.74, 6) is -2.18. The van der Waals surface area contributed by atoms with Crippen molar-refractivity contribution in [2.24, 2.45) is 0 Å². The molecule has 0 fully saturated rings. The van der Waals surface area contributed by atoms with Crippen molar-refractivity contribution in [3.8, 4) is 17.0 Å². The molecule has 8 heteroatoms. The van der Waals surface area contributed by atoms with E-state index in [1.807, 2.05) is 0 Å². The monoisotopic (exact) mass is 415 g/mol. The zero-order chi connectivity index (χ0) is 17.0. The van der Waals surface area contributed by atoms with Gasteiger partial charge in [-0.25, -0.2) is 17.6 Å². The van der Waals surface area contributed by atoms with Crippen molar-refractivity contribution in [1.29, 1.82) is 0 Å². The minimum Gasteiger partial charge on any atom is -0.489 e. The third-order valence-corrected chi connectivity index (χ3v) is 2.92. The fraction of sp³-hybridized carbons (Fsp3) is 0.188. The van der Waals surface area contributed by atoms with Gasteiger partial charge in [0.2, 0.25) is 0 Å². The number of ether oxygens (including phenoxy) is 1. The average molecular weight is 415 g/mol. The Labute approximate surface area is 160 Å². The van der Waals surface area contributed by atoms with Crippen LogP contribution in [0.3, 0.4) is 0 Å². The summed E-state index contributed by atoms with van der Waals surface area (Å²) in [4.78, 5) is 11.7.